The van der Waals surface area contributed by atoms with Crippen molar-refractivity contribution >= 4 is 35.6 Å². The van der Waals surface area contributed by atoms with E-state index in [1.54, 1.807) is 11.1 Å². The molecule has 2 N–H and O–H groups in total. The first-order chi connectivity index (χ1) is 13.6. The lowest BCUT2D eigenvalue weighted by atomic mass is 10.1. The highest BCUT2D eigenvalue weighted by Gasteiger charge is 2.28. The zero-order valence-corrected chi connectivity index (χ0v) is 17.3. The Bertz CT molecular complexity index is 870. The third kappa shape index (κ3) is 4.77. The van der Waals surface area contributed by atoms with Crippen LogP contribution in [0.1, 0.15) is 24.7 Å². The number of nitrogens with one attached hydrogen (secondary N) is 2. The molecule has 0 bridgehead atoms. The SMILES string of the molecule is Cl.Cn1ccnc1C1CNCCN1CC(=O)Nc1cccc(N2CCCC2=O)c1. The Labute approximate surface area is 176 Å². The molecular formula is C20H27ClN6O2. The van der Waals surface area contributed by atoms with Crippen LogP contribution in [0.3, 0.4) is 0 Å². The number of hydrogen-bond acceptors (Lipinski definition) is 5. The van der Waals surface area contributed by atoms with E-state index < -0.39 is 0 Å². The molecule has 1 aromatic heterocycles. The largest absolute Gasteiger partial charge is 0.337 e. The van der Waals surface area contributed by atoms with Gasteiger partial charge in [-0.15, -0.1) is 12.4 Å². The maximum absolute atomic E-state index is 12.7. The molecule has 2 aliphatic heterocycles. The highest BCUT2D eigenvalue weighted by molar-refractivity contribution is 5.97. The molecule has 8 nitrogen and oxygen atoms in total. The number of benzene rings is 1. The first kappa shape index (κ1) is 21.3. The summed E-state index contributed by atoms with van der Waals surface area (Å²) in [6.07, 6.45) is 5.18. The Morgan fingerprint density at radius 3 is 2.93 bits per heavy atom. The molecule has 4 rings (SSSR count). The molecule has 1 unspecified atom stereocenters. The van der Waals surface area contributed by atoms with Gasteiger partial charge in [0.15, 0.2) is 0 Å². The van der Waals surface area contributed by atoms with E-state index in [4.69, 9.17) is 0 Å². The maximum Gasteiger partial charge on any atom is 0.238 e. The molecule has 0 radical (unpaired) electrons. The number of aryl methyl sites for hydroxylation is 1. The van der Waals surface area contributed by atoms with Crippen molar-refractivity contribution in [2.45, 2.75) is 18.9 Å². The van der Waals surface area contributed by atoms with E-state index in [9.17, 15) is 9.59 Å². The van der Waals surface area contributed by atoms with E-state index in [1.165, 1.54) is 0 Å². The third-order valence-electron chi connectivity index (χ3n) is 5.37. The predicted molar refractivity (Wildman–Crippen MR) is 114 cm³/mol. The van der Waals surface area contributed by atoms with Gasteiger partial charge in [0, 0.05) is 63.4 Å². The first-order valence-electron chi connectivity index (χ1n) is 9.74. The van der Waals surface area contributed by atoms with Crippen LogP contribution in [0.5, 0.6) is 0 Å². The third-order valence-corrected chi connectivity index (χ3v) is 5.37. The lowest BCUT2D eigenvalue weighted by Gasteiger charge is -2.35. The molecule has 156 valence electrons. The van der Waals surface area contributed by atoms with Gasteiger partial charge in [0.1, 0.15) is 5.82 Å². The van der Waals surface area contributed by atoms with Gasteiger partial charge >= 0.3 is 0 Å². The van der Waals surface area contributed by atoms with E-state index in [2.05, 4.69) is 20.5 Å². The van der Waals surface area contributed by atoms with Crippen LogP contribution in [0, 0.1) is 0 Å². The van der Waals surface area contributed by atoms with E-state index >= 15 is 0 Å². The van der Waals surface area contributed by atoms with Crippen LogP contribution < -0.4 is 15.5 Å². The molecule has 2 aliphatic rings. The van der Waals surface area contributed by atoms with Crippen molar-refractivity contribution < 1.29 is 9.59 Å². The van der Waals surface area contributed by atoms with Crippen molar-refractivity contribution in [2.75, 3.05) is 42.9 Å². The summed E-state index contributed by atoms with van der Waals surface area (Å²) < 4.78 is 2.00. The molecular weight excluding hydrogens is 392 g/mol. The van der Waals surface area contributed by atoms with Crippen molar-refractivity contribution in [1.29, 1.82) is 0 Å². The summed E-state index contributed by atoms with van der Waals surface area (Å²) in [6, 6.07) is 7.57. The van der Waals surface area contributed by atoms with E-state index in [0.29, 0.717) is 18.7 Å². The van der Waals surface area contributed by atoms with Gasteiger partial charge in [0.25, 0.3) is 0 Å². The predicted octanol–water partition coefficient (Wildman–Crippen LogP) is 1.55. The standard InChI is InChI=1S/C20H26N6O2.ClH/c1-24-10-8-22-20(24)17-13-21-7-11-25(17)14-18(27)23-15-4-2-5-16(12-15)26-9-3-6-19(26)28;/h2,4-5,8,10,12,17,21H,3,6-7,9,11,13-14H2,1H3,(H,23,27);1H. The van der Waals surface area contributed by atoms with E-state index in [-0.39, 0.29) is 30.3 Å². The summed E-state index contributed by atoms with van der Waals surface area (Å²) in [4.78, 5) is 33.1. The Balaban J connectivity index is 0.00000240. The van der Waals surface area contributed by atoms with Crippen LogP contribution in [0.25, 0.3) is 0 Å². The van der Waals surface area contributed by atoms with Crippen LogP contribution in [0.4, 0.5) is 11.4 Å². The Hall–Kier alpha value is -2.42. The zero-order chi connectivity index (χ0) is 19.5. The summed E-state index contributed by atoms with van der Waals surface area (Å²) in [5.74, 6) is 1.03. The molecule has 0 saturated carbocycles. The van der Waals surface area contributed by atoms with Gasteiger partial charge < -0.3 is 20.1 Å². The second kappa shape index (κ2) is 9.39. The molecule has 29 heavy (non-hydrogen) atoms. The molecule has 3 heterocycles. The minimum absolute atomic E-state index is 0. The number of imidazole rings is 1. The molecule has 0 spiro atoms. The number of rotatable bonds is 5. The summed E-state index contributed by atoms with van der Waals surface area (Å²) in [6.45, 7) is 3.44. The molecule has 2 amide bonds. The van der Waals surface area contributed by atoms with Crippen molar-refractivity contribution in [2.24, 2.45) is 7.05 Å². The van der Waals surface area contributed by atoms with Gasteiger partial charge in [-0.25, -0.2) is 4.98 Å². The van der Waals surface area contributed by atoms with Gasteiger partial charge in [-0.2, -0.15) is 0 Å². The van der Waals surface area contributed by atoms with Gasteiger partial charge in [-0.3, -0.25) is 14.5 Å². The maximum atomic E-state index is 12.7. The molecule has 2 fully saturated rings. The lowest BCUT2D eigenvalue weighted by Crippen LogP contribution is -2.49. The zero-order valence-electron chi connectivity index (χ0n) is 16.5. The van der Waals surface area contributed by atoms with Crippen molar-refractivity contribution in [3.05, 3.63) is 42.5 Å². The van der Waals surface area contributed by atoms with Crippen LogP contribution in [0.2, 0.25) is 0 Å². The minimum Gasteiger partial charge on any atom is -0.337 e. The number of anilines is 2. The van der Waals surface area contributed by atoms with Crippen LogP contribution >= 0.6 is 12.4 Å². The Morgan fingerprint density at radius 1 is 1.34 bits per heavy atom. The summed E-state index contributed by atoms with van der Waals surface area (Å²) in [5, 5.41) is 6.36. The smallest absolute Gasteiger partial charge is 0.238 e. The average Bonchev–Trinajstić information content (AvgIpc) is 3.30. The topological polar surface area (TPSA) is 82.5 Å². The second-order valence-electron chi connectivity index (χ2n) is 7.33. The van der Waals surface area contributed by atoms with Crippen LogP contribution in [0.15, 0.2) is 36.7 Å². The normalized spacial score (nSPS) is 19.8. The number of piperazine rings is 1. The fraction of sp³-hybridized carbons (Fsp3) is 0.450. The van der Waals surface area contributed by atoms with Gasteiger partial charge in [-0.05, 0) is 24.6 Å². The highest BCUT2D eigenvalue weighted by atomic mass is 35.5. The van der Waals surface area contributed by atoms with Crippen molar-refractivity contribution in [3.8, 4) is 0 Å². The Morgan fingerprint density at radius 2 is 2.21 bits per heavy atom. The van der Waals surface area contributed by atoms with Crippen molar-refractivity contribution in [3.63, 3.8) is 0 Å². The van der Waals surface area contributed by atoms with Crippen LogP contribution in [-0.2, 0) is 16.6 Å². The summed E-state index contributed by atoms with van der Waals surface area (Å²) >= 11 is 0. The number of amides is 2. The minimum atomic E-state index is -0.0639. The number of nitrogens with zero attached hydrogens (tertiary/aromatic N) is 4. The molecule has 1 aromatic carbocycles. The first-order valence-corrected chi connectivity index (χ1v) is 9.74. The molecule has 9 heteroatoms. The summed E-state index contributed by atoms with van der Waals surface area (Å²) in [5.41, 5.74) is 1.55. The van der Waals surface area contributed by atoms with Crippen molar-refractivity contribution in [1.82, 2.24) is 19.8 Å². The summed E-state index contributed by atoms with van der Waals surface area (Å²) in [7, 11) is 1.97. The highest BCUT2D eigenvalue weighted by Crippen LogP contribution is 2.25. The van der Waals surface area contributed by atoms with E-state index in [1.807, 2.05) is 42.1 Å². The average molecular weight is 419 g/mol. The molecule has 2 aromatic rings. The fourth-order valence-electron chi connectivity index (χ4n) is 3.95. The number of hydrogen-bond donors (Lipinski definition) is 2. The molecule has 1 atom stereocenters. The van der Waals surface area contributed by atoms with Gasteiger partial charge in [0.2, 0.25) is 11.8 Å². The Kier molecular flexibility index (Phi) is 6.89. The molecule has 2 saturated heterocycles. The van der Waals surface area contributed by atoms with Gasteiger partial charge in [-0.1, -0.05) is 6.07 Å². The number of halogens is 1. The van der Waals surface area contributed by atoms with Crippen LogP contribution in [-0.4, -0.2) is 59.0 Å². The monoisotopic (exact) mass is 418 g/mol. The number of carbonyl (C=O) groups is 2. The van der Waals surface area contributed by atoms with E-state index in [0.717, 1.165) is 44.1 Å². The molecule has 0 aliphatic carbocycles. The number of carbonyl (C=O) groups excluding carboxylic acids is 2. The lowest BCUT2D eigenvalue weighted by molar-refractivity contribution is -0.118. The number of aromatic nitrogens is 2. The fourth-order valence-corrected chi connectivity index (χ4v) is 3.95. The second-order valence-corrected chi connectivity index (χ2v) is 7.33. The van der Waals surface area contributed by atoms with Gasteiger partial charge in [0.05, 0.1) is 12.6 Å². The quantitative estimate of drug-likeness (QED) is 0.769.